The molecule has 112 valence electrons. The van der Waals surface area contributed by atoms with E-state index >= 15 is 0 Å². The summed E-state index contributed by atoms with van der Waals surface area (Å²) in [4.78, 5) is 16.0. The fourth-order valence-corrected chi connectivity index (χ4v) is 2.51. The van der Waals surface area contributed by atoms with Gasteiger partial charge >= 0.3 is 0 Å². The van der Waals surface area contributed by atoms with E-state index in [1.54, 1.807) is 0 Å². The Balaban J connectivity index is 2.15. The Morgan fingerprint density at radius 3 is 3.00 bits per heavy atom. The van der Waals surface area contributed by atoms with Gasteiger partial charge in [0.25, 0.3) is 0 Å². The Kier molecular flexibility index (Phi) is 5.71. The molecule has 0 bridgehead atoms. The summed E-state index contributed by atoms with van der Waals surface area (Å²) in [6.07, 6.45) is 1.25. The minimum absolute atomic E-state index is 0.117. The van der Waals surface area contributed by atoms with Crippen molar-refractivity contribution in [3.8, 4) is 17.0 Å². The van der Waals surface area contributed by atoms with Crippen LogP contribution in [0.5, 0.6) is 5.75 Å². The molecule has 1 aromatic carbocycles. The number of nitrogens with two attached hydrogens (primary N) is 1. The molecule has 2 rings (SSSR count). The van der Waals surface area contributed by atoms with Crippen LogP contribution < -0.4 is 15.8 Å². The third kappa shape index (κ3) is 4.27. The highest BCUT2D eigenvalue weighted by molar-refractivity contribution is 7.14. The van der Waals surface area contributed by atoms with E-state index in [0.717, 1.165) is 23.4 Å². The van der Waals surface area contributed by atoms with Gasteiger partial charge in [-0.3, -0.25) is 4.79 Å². The van der Waals surface area contributed by atoms with Crippen molar-refractivity contribution in [3.63, 3.8) is 0 Å². The summed E-state index contributed by atoms with van der Waals surface area (Å²) >= 11 is 1.39. The zero-order chi connectivity index (χ0) is 15.1. The van der Waals surface area contributed by atoms with E-state index < -0.39 is 0 Å². The van der Waals surface area contributed by atoms with Crippen LogP contribution >= 0.6 is 11.3 Å². The normalized spacial score (nSPS) is 10.4. The molecule has 1 aromatic heterocycles. The highest BCUT2D eigenvalue weighted by Gasteiger charge is 2.11. The highest BCUT2D eigenvalue weighted by Crippen LogP contribution is 2.32. The van der Waals surface area contributed by atoms with Crippen molar-refractivity contribution in [2.24, 2.45) is 5.73 Å². The summed E-state index contributed by atoms with van der Waals surface area (Å²) < 4.78 is 5.73. The average Bonchev–Trinajstić information content (AvgIpc) is 2.94. The summed E-state index contributed by atoms with van der Waals surface area (Å²) in [5, 5.41) is 5.23. The van der Waals surface area contributed by atoms with Crippen LogP contribution in [0.4, 0.5) is 5.13 Å². The van der Waals surface area contributed by atoms with Gasteiger partial charge in [0.05, 0.1) is 12.3 Å². The van der Waals surface area contributed by atoms with Crippen LogP contribution in [0.25, 0.3) is 11.3 Å². The van der Waals surface area contributed by atoms with Crippen molar-refractivity contribution in [2.75, 3.05) is 18.5 Å². The third-order valence-corrected chi connectivity index (χ3v) is 3.50. The minimum Gasteiger partial charge on any atom is -0.493 e. The molecule has 0 unspecified atom stereocenters. The van der Waals surface area contributed by atoms with Gasteiger partial charge in [-0.15, -0.1) is 11.3 Å². The average molecular weight is 305 g/mol. The number of hydrogen-bond acceptors (Lipinski definition) is 5. The van der Waals surface area contributed by atoms with Gasteiger partial charge < -0.3 is 15.8 Å². The number of rotatable bonds is 7. The van der Waals surface area contributed by atoms with Gasteiger partial charge in [-0.25, -0.2) is 4.98 Å². The van der Waals surface area contributed by atoms with E-state index in [1.165, 1.54) is 11.3 Å². The molecule has 0 radical (unpaired) electrons. The number of hydrogen-bond donors (Lipinski definition) is 2. The maximum atomic E-state index is 11.5. The predicted octanol–water partition coefficient (Wildman–Crippen LogP) is 2.89. The van der Waals surface area contributed by atoms with Crippen molar-refractivity contribution < 1.29 is 9.53 Å². The molecule has 5 nitrogen and oxygen atoms in total. The second-order valence-electron chi connectivity index (χ2n) is 4.47. The first-order valence-electron chi connectivity index (χ1n) is 6.92. The van der Waals surface area contributed by atoms with Crippen LogP contribution in [0, 0.1) is 0 Å². The number of carbonyl (C=O) groups excluding carboxylic acids is 1. The molecular weight excluding hydrogens is 286 g/mol. The molecule has 3 N–H and O–H groups in total. The standard InChI is InChI=1S/C15H19N3O2S/c1-2-9-20-13-6-4-3-5-11(13)12-10-21-15(17-12)18-14(19)7-8-16/h3-6,10H,2,7-9,16H2,1H3,(H,17,18,19). The molecule has 0 fully saturated rings. The Morgan fingerprint density at radius 1 is 1.43 bits per heavy atom. The minimum atomic E-state index is -0.117. The lowest BCUT2D eigenvalue weighted by Crippen LogP contribution is -2.15. The van der Waals surface area contributed by atoms with Crippen LogP contribution in [0.3, 0.4) is 0 Å². The van der Waals surface area contributed by atoms with Gasteiger partial charge in [-0.2, -0.15) is 0 Å². The number of aromatic nitrogens is 1. The number of nitrogens with zero attached hydrogens (tertiary/aromatic N) is 1. The lowest BCUT2D eigenvalue weighted by molar-refractivity contribution is -0.116. The number of amides is 1. The van der Waals surface area contributed by atoms with Gasteiger partial charge in [-0.1, -0.05) is 19.1 Å². The maximum absolute atomic E-state index is 11.5. The number of anilines is 1. The number of carbonyl (C=O) groups is 1. The van der Waals surface area contributed by atoms with Crippen molar-refractivity contribution >= 4 is 22.4 Å². The van der Waals surface area contributed by atoms with E-state index in [0.29, 0.717) is 24.7 Å². The molecule has 1 heterocycles. The zero-order valence-electron chi connectivity index (χ0n) is 12.0. The summed E-state index contributed by atoms with van der Waals surface area (Å²) in [5.74, 6) is 0.693. The van der Waals surface area contributed by atoms with Crippen LogP contribution in [0.15, 0.2) is 29.6 Å². The fraction of sp³-hybridized carbons (Fsp3) is 0.333. The number of nitrogens with one attached hydrogen (secondary N) is 1. The van der Waals surface area contributed by atoms with Gasteiger partial charge in [-0.05, 0) is 18.6 Å². The van der Waals surface area contributed by atoms with Crippen molar-refractivity contribution in [2.45, 2.75) is 19.8 Å². The van der Waals surface area contributed by atoms with E-state index in [-0.39, 0.29) is 5.91 Å². The topological polar surface area (TPSA) is 77.2 Å². The van der Waals surface area contributed by atoms with E-state index in [4.69, 9.17) is 10.5 Å². The molecule has 6 heteroatoms. The Morgan fingerprint density at radius 2 is 2.24 bits per heavy atom. The van der Waals surface area contributed by atoms with Gasteiger partial charge in [0.1, 0.15) is 5.75 Å². The first-order chi connectivity index (χ1) is 10.2. The fourth-order valence-electron chi connectivity index (χ4n) is 1.78. The lowest BCUT2D eigenvalue weighted by atomic mass is 10.1. The summed E-state index contributed by atoms with van der Waals surface area (Å²) in [6.45, 7) is 3.07. The van der Waals surface area contributed by atoms with Crippen LogP contribution in [0.1, 0.15) is 19.8 Å². The maximum Gasteiger partial charge on any atom is 0.227 e. The van der Waals surface area contributed by atoms with Crippen molar-refractivity contribution in [3.05, 3.63) is 29.6 Å². The molecule has 0 aliphatic carbocycles. The molecule has 0 saturated heterocycles. The molecule has 0 spiro atoms. The van der Waals surface area contributed by atoms with Crippen molar-refractivity contribution in [1.29, 1.82) is 0 Å². The molecule has 0 aliphatic heterocycles. The van der Waals surface area contributed by atoms with E-state index in [9.17, 15) is 4.79 Å². The molecule has 0 aliphatic rings. The largest absolute Gasteiger partial charge is 0.493 e. The zero-order valence-corrected chi connectivity index (χ0v) is 12.8. The Labute approximate surface area is 128 Å². The SMILES string of the molecule is CCCOc1ccccc1-c1csc(NC(=O)CCN)n1. The summed E-state index contributed by atoms with van der Waals surface area (Å²) in [6, 6.07) is 7.77. The Hall–Kier alpha value is -1.92. The van der Waals surface area contributed by atoms with Gasteiger partial charge in [0.2, 0.25) is 5.91 Å². The second-order valence-corrected chi connectivity index (χ2v) is 5.33. The quantitative estimate of drug-likeness (QED) is 0.824. The van der Waals surface area contributed by atoms with Crippen LogP contribution in [-0.2, 0) is 4.79 Å². The first kappa shape index (κ1) is 15.5. The van der Waals surface area contributed by atoms with Crippen LogP contribution in [0.2, 0.25) is 0 Å². The van der Waals surface area contributed by atoms with Gasteiger partial charge in [0, 0.05) is 23.9 Å². The monoisotopic (exact) mass is 305 g/mol. The van der Waals surface area contributed by atoms with Gasteiger partial charge in [0.15, 0.2) is 5.13 Å². The van der Waals surface area contributed by atoms with Crippen molar-refractivity contribution in [1.82, 2.24) is 4.98 Å². The van der Waals surface area contributed by atoms with E-state index in [1.807, 2.05) is 29.6 Å². The smallest absolute Gasteiger partial charge is 0.227 e. The first-order valence-corrected chi connectivity index (χ1v) is 7.80. The Bertz CT molecular complexity index is 598. The molecule has 0 atom stereocenters. The van der Waals surface area contributed by atoms with Crippen LogP contribution in [-0.4, -0.2) is 24.0 Å². The second kappa shape index (κ2) is 7.75. The number of ether oxygens (including phenoxy) is 1. The number of para-hydroxylation sites is 1. The molecule has 0 saturated carbocycles. The van der Waals surface area contributed by atoms with E-state index in [2.05, 4.69) is 17.2 Å². The summed E-state index contributed by atoms with van der Waals surface area (Å²) in [5.41, 5.74) is 7.08. The molecular formula is C15H19N3O2S. The number of benzene rings is 1. The highest BCUT2D eigenvalue weighted by atomic mass is 32.1. The summed E-state index contributed by atoms with van der Waals surface area (Å²) in [7, 11) is 0. The third-order valence-electron chi connectivity index (χ3n) is 2.75. The predicted molar refractivity (Wildman–Crippen MR) is 85.6 cm³/mol. The lowest BCUT2D eigenvalue weighted by Gasteiger charge is -2.08. The molecule has 1 amide bonds. The molecule has 21 heavy (non-hydrogen) atoms. The molecule has 2 aromatic rings. The number of thiazole rings is 1.